The van der Waals surface area contributed by atoms with Crippen LogP contribution in [0.2, 0.25) is 17.3 Å². The van der Waals surface area contributed by atoms with Crippen molar-refractivity contribution in [1.82, 2.24) is 9.97 Å². The van der Waals surface area contributed by atoms with Gasteiger partial charge in [0.05, 0.1) is 6.85 Å². The van der Waals surface area contributed by atoms with Crippen molar-refractivity contribution in [2.75, 3.05) is 0 Å². The summed E-state index contributed by atoms with van der Waals surface area (Å²) >= 11 is -0.0959. The molecule has 5 heteroatoms. The topological polar surface area (TPSA) is 25.8 Å². The average molecular weight is 895 g/mol. The molecular weight excluding hydrogens is 853 g/mol. The normalized spacial score (nSPS) is 12.5. The van der Waals surface area contributed by atoms with Crippen molar-refractivity contribution in [3.8, 4) is 44.8 Å². The number of aromatic nitrogens is 2. The van der Waals surface area contributed by atoms with Crippen molar-refractivity contribution < 1.29 is 27.0 Å². The van der Waals surface area contributed by atoms with Gasteiger partial charge in [0.25, 0.3) is 0 Å². The van der Waals surface area contributed by atoms with Crippen LogP contribution in [0.3, 0.4) is 0 Å². The van der Waals surface area contributed by atoms with Crippen LogP contribution in [0.25, 0.3) is 64.9 Å². The summed E-state index contributed by atoms with van der Waals surface area (Å²) in [5, 5.41) is 2.27. The quantitative estimate of drug-likeness (QED) is 0.127. The minimum absolute atomic E-state index is 0. The van der Waals surface area contributed by atoms with Gasteiger partial charge >= 0.3 is 106 Å². The second kappa shape index (κ2) is 15.1. The molecule has 8 aromatic rings. The fraction of sp³-hybridized carbons (Fsp3) is 0.0909. The molecule has 8 rings (SSSR count). The largest absolute Gasteiger partial charge is 0.305 e. The molecule has 3 aromatic heterocycles. The monoisotopic (exact) mass is 896 g/mol. The molecule has 243 valence electrons. The van der Waals surface area contributed by atoms with E-state index < -0.39 is 19.3 Å². The minimum Gasteiger partial charge on any atom is -0.305 e. The van der Waals surface area contributed by atoms with Gasteiger partial charge in [0.2, 0.25) is 0 Å². The molecule has 2 nitrogen and oxygen atoms in total. The molecule has 0 aliphatic heterocycles. The van der Waals surface area contributed by atoms with Crippen LogP contribution in [0.1, 0.15) is 12.4 Å². The van der Waals surface area contributed by atoms with Gasteiger partial charge in [-0.05, 0) is 50.2 Å². The molecule has 0 saturated heterocycles. The predicted octanol–water partition coefficient (Wildman–Crippen LogP) is 11.7. The van der Waals surface area contributed by atoms with Crippen molar-refractivity contribution in [1.29, 1.82) is 0 Å². The van der Waals surface area contributed by atoms with Crippen LogP contribution in [0, 0.1) is 19.1 Å². The number of thiophene rings is 1. The Balaban J connectivity index is 0.000000233. The third kappa shape index (κ3) is 7.69. The van der Waals surface area contributed by atoms with Crippen molar-refractivity contribution in [2.24, 2.45) is 0 Å². The Morgan fingerprint density at radius 2 is 1.45 bits per heavy atom. The van der Waals surface area contributed by atoms with Crippen LogP contribution < -0.4 is 4.40 Å². The van der Waals surface area contributed by atoms with Crippen LogP contribution in [-0.4, -0.2) is 23.2 Å². The van der Waals surface area contributed by atoms with Gasteiger partial charge in [0.1, 0.15) is 0 Å². The van der Waals surface area contributed by atoms with Crippen LogP contribution in [0.5, 0.6) is 0 Å². The third-order valence-corrected chi connectivity index (χ3v) is 13.9. The minimum atomic E-state index is -1.77. The zero-order valence-corrected chi connectivity index (χ0v) is 32.9. The van der Waals surface area contributed by atoms with Gasteiger partial charge in [0, 0.05) is 31.0 Å². The van der Waals surface area contributed by atoms with E-state index in [1.54, 1.807) is 29.7 Å². The van der Waals surface area contributed by atoms with Crippen LogP contribution >= 0.6 is 11.3 Å². The molecule has 5 aromatic carbocycles. The molecule has 0 aliphatic carbocycles. The summed E-state index contributed by atoms with van der Waals surface area (Å²) in [6, 6.07) is 39.3. The van der Waals surface area contributed by atoms with Gasteiger partial charge in [0.15, 0.2) is 0 Å². The molecule has 49 heavy (non-hydrogen) atoms. The second-order valence-corrected chi connectivity index (χ2v) is 24.2. The molecule has 0 unspecified atom stereocenters. The smallest absolute Gasteiger partial charge is 0.0629 e. The Morgan fingerprint density at radius 1 is 0.673 bits per heavy atom. The van der Waals surface area contributed by atoms with E-state index in [4.69, 9.17) is 6.85 Å². The second-order valence-electron chi connectivity index (χ2n) is 12.6. The van der Waals surface area contributed by atoms with Gasteiger partial charge in [-0.25, -0.2) is 0 Å². The van der Waals surface area contributed by atoms with Gasteiger partial charge in [-0.1, -0.05) is 84.1 Å². The number of hydrogen-bond acceptors (Lipinski definition) is 3. The van der Waals surface area contributed by atoms with Gasteiger partial charge in [-0.15, -0.1) is 23.8 Å². The Labute approximate surface area is 316 Å². The third-order valence-electron chi connectivity index (χ3n) is 8.25. The van der Waals surface area contributed by atoms with Crippen LogP contribution in [-0.2, 0) is 20.1 Å². The molecule has 1 radical (unpaired) electrons. The summed E-state index contributed by atoms with van der Waals surface area (Å²) in [5.41, 5.74) is 7.94. The van der Waals surface area contributed by atoms with Crippen LogP contribution in [0.15, 0.2) is 146 Å². The van der Waals surface area contributed by atoms with E-state index in [1.807, 2.05) is 42.5 Å². The molecule has 0 N–H and O–H groups in total. The van der Waals surface area contributed by atoms with Crippen molar-refractivity contribution in [3.05, 3.63) is 163 Å². The zero-order valence-electron chi connectivity index (χ0n) is 32.6. The van der Waals surface area contributed by atoms with Crippen molar-refractivity contribution in [3.63, 3.8) is 0 Å². The van der Waals surface area contributed by atoms with Crippen LogP contribution in [0.4, 0.5) is 0 Å². The van der Waals surface area contributed by atoms with Crippen molar-refractivity contribution >= 4 is 49.2 Å². The summed E-state index contributed by atoms with van der Waals surface area (Å²) in [6.45, 7) is 2.19. The molecule has 0 saturated carbocycles. The molecule has 0 atom stereocenters. The number of fused-ring (bicyclic) bond motifs is 3. The van der Waals surface area contributed by atoms with Gasteiger partial charge in [-0.3, -0.25) is 0 Å². The maximum Gasteiger partial charge on any atom is 0.0629 e. The number of rotatable bonds is 5. The van der Waals surface area contributed by atoms with E-state index in [0.29, 0.717) is 11.3 Å². The van der Waals surface area contributed by atoms with E-state index in [9.17, 15) is 0 Å². The summed E-state index contributed by atoms with van der Waals surface area (Å²) in [4.78, 5) is 9.16. The first-order valence-electron chi connectivity index (χ1n) is 18.3. The van der Waals surface area contributed by atoms with E-state index in [1.165, 1.54) is 9.96 Å². The Hall–Kier alpha value is -4.19. The van der Waals surface area contributed by atoms with E-state index in [-0.39, 0.29) is 49.8 Å². The number of hydrogen-bond donors (Lipinski definition) is 0. The number of aryl methyl sites for hydroxylation is 1. The molecule has 0 spiro atoms. The van der Waals surface area contributed by atoms with E-state index in [0.717, 1.165) is 48.1 Å². The number of benzene rings is 5. The molecule has 0 amide bonds. The molecule has 0 fully saturated rings. The van der Waals surface area contributed by atoms with Gasteiger partial charge in [-0.2, -0.15) is 11.3 Å². The summed E-state index contributed by atoms with van der Waals surface area (Å²) in [5.74, 6) is 7.20. The SMILES string of the molecule is Cc1cc(-c2[c-]cccc2)nc[c]1[Ge]([CH3])([CH3])[CH3].[2H]c1c([2H])c([2H])c(-c2ccnc(-c3[c-]ccc4c3sc3cc(-c5ccccc5)ccc34)c2)c([2H])c1[2H].[Ir]. The predicted molar refractivity (Wildman–Crippen MR) is 208 cm³/mol. The maximum atomic E-state index is 8.34. The fourth-order valence-electron chi connectivity index (χ4n) is 5.90. The number of pyridine rings is 2. The van der Waals surface area contributed by atoms with E-state index in [2.05, 4.69) is 101 Å². The van der Waals surface area contributed by atoms with Gasteiger partial charge < -0.3 is 4.98 Å². The summed E-state index contributed by atoms with van der Waals surface area (Å²) < 4.78 is 44.3. The first-order chi connectivity index (χ1) is 25.4. The Bertz CT molecular complexity index is 2600. The molecule has 0 aliphatic rings. The molecule has 0 bridgehead atoms. The number of nitrogens with zero attached hydrogens (tertiary/aromatic N) is 2. The molecule has 3 heterocycles. The Morgan fingerprint density at radius 3 is 2.18 bits per heavy atom. The first kappa shape index (κ1) is 28.6. The summed E-state index contributed by atoms with van der Waals surface area (Å²) in [7, 11) is 0. The molecular formula is C44H36GeIrN2S-2. The Kier molecular flexibility index (Phi) is 8.85. The zero-order chi connectivity index (χ0) is 37.4. The first-order valence-corrected chi connectivity index (χ1v) is 24.0. The fourth-order valence-corrected chi connectivity index (χ4v) is 10.7. The average Bonchev–Trinajstić information content (AvgIpc) is 3.55. The maximum absolute atomic E-state index is 8.34. The summed E-state index contributed by atoms with van der Waals surface area (Å²) in [6.07, 6.45) is 3.68. The van der Waals surface area contributed by atoms with E-state index >= 15 is 0 Å². The van der Waals surface area contributed by atoms with Crippen molar-refractivity contribution in [2.45, 2.75) is 24.2 Å². The standard InChI is InChI=1S/C29H18NS.C15H18GeN.Ir/c1-3-8-20(9-4-1)22-14-15-24-25-12-7-13-26(29(25)31-28(24)19-22)27-18-23(16-17-30-27)21-10-5-2-6-11-21;1-12-10-15(13-8-6-5-7-9-13)17-11-14(12)16(2,3)4;/h1-12,14-19H;5-8,10-11H,1-4H3;/q2*-1;/i2D,5D,6D,10D,11D;;.